The molecule has 1 aliphatic heterocycles. The van der Waals surface area contributed by atoms with Gasteiger partial charge in [0, 0.05) is 33.5 Å². The van der Waals surface area contributed by atoms with Gasteiger partial charge >= 0.3 is 5.69 Å². The lowest BCUT2D eigenvalue weighted by atomic mass is 10.2. The summed E-state index contributed by atoms with van der Waals surface area (Å²) in [6.07, 6.45) is 7.42. The smallest absolute Gasteiger partial charge is 0.325 e. The molecule has 0 bridgehead atoms. The van der Waals surface area contributed by atoms with Crippen LogP contribution in [-0.2, 0) is 20.6 Å². The SMILES string of the molecule is Cn1c(=O)c2c(ncn2CCCNC2=[N+](C)CCCCC2)n(C)c1=O. The zero-order chi connectivity index (χ0) is 18.0. The van der Waals surface area contributed by atoms with Crippen molar-refractivity contribution in [2.45, 2.75) is 38.6 Å². The summed E-state index contributed by atoms with van der Waals surface area (Å²) < 4.78 is 6.71. The molecule has 0 saturated carbocycles. The fourth-order valence-corrected chi connectivity index (χ4v) is 3.42. The first kappa shape index (κ1) is 17.4. The van der Waals surface area contributed by atoms with Crippen molar-refractivity contribution in [3.05, 3.63) is 27.2 Å². The van der Waals surface area contributed by atoms with E-state index in [1.807, 2.05) is 4.57 Å². The molecule has 0 saturated heterocycles. The Kier molecular flexibility index (Phi) is 5.06. The molecular weight excluding hydrogens is 320 g/mol. The molecule has 136 valence electrons. The van der Waals surface area contributed by atoms with Gasteiger partial charge in [0.25, 0.3) is 5.56 Å². The summed E-state index contributed by atoms with van der Waals surface area (Å²) in [6.45, 7) is 2.65. The number of imidazole rings is 1. The van der Waals surface area contributed by atoms with E-state index in [0.717, 1.165) is 30.5 Å². The van der Waals surface area contributed by atoms with Gasteiger partial charge in [0.15, 0.2) is 11.2 Å². The van der Waals surface area contributed by atoms with Crippen molar-refractivity contribution in [2.75, 3.05) is 20.1 Å². The first-order valence-electron chi connectivity index (χ1n) is 8.92. The summed E-state index contributed by atoms with van der Waals surface area (Å²) in [4.78, 5) is 28.6. The van der Waals surface area contributed by atoms with Crippen LogP contribution in [-0.4, -0.2) is 49.2 Å². The van der Waals surface area contributed by atoms with Crippen LogP contribution in [0.15, 0.2) is 15.9 Å². The minimum Gasteiger partial charge on any atom is -0.325 e. The number of rotatable bonds is 4. The molecule has 3 heterocycles. The van der Waals surface area contributed by atoms with Crippen molar-refractivity contribution < 1.29 is 4.58 Å². The van der Waals surface area contributed by atoms with Crippen molar-refractivity contribution >= 4 is 17.0 Å². The van der Waals surface area contributed by atoms with Gasteiger partial charge in [-0.15, -0.1) is 0 Å². The molecule has 0 amide bonds. The normalized spacial score (nSPS) is 15.6. The molecule has 0 radical (unpaired) electrons. The first-order chi connectivity index (χ1) is 12.0. The minimum absolute atomic E-state index is 0.290. The van der Waals surface area contributed by atoms with Crippen LogP contribution in [0.3, 0.4) is 0 Å². The van der Waals surface area contributed by atoms with Crippen molar-refractivity contribution in [1.29, 1.82) is 0 Å². The highest BCUT2D eigenvalue weighted by molar-refractivity contribution is 5.77. The molecule has 2 aromatic heterocycles. The summed E-state index contributed by atoms with van der Waals surface area (Å²) in [6, 6.07) is 0. The number of nitrogens with one attached hydrogen (secondary N) is 1. The van der Waals surface area contributed by atoms with E-state index in [9.17, 15) is 9.59 Å². The third-order valence-corrected chi connectivity index (χ3v) is 4.99. The lowest BCUT2D eigenvalue weighted by molar-refractivity contribution is -0.499. The second kappa shape index (κ2) is 7.25. The topological polar surface area (TPSA) is 76.9 Å². The maximum atomic E-state index is 12.4. The van der Waals surface area contributed by atoms with Gasteiger partial charge in [-0.3, -0.25) is 23.8 Å². The predicted molar refractivity (Wildman–Crippen MR) is 97.4 cm³/mol. The number of aryl methyl sites for hydroxylation is 2. The summed E-state index contributed by atoms with van der Waals surface area (Å²) in [5, 5.41) is 3.54. The number of nitrogens with zero attached hydrogens (tertiary/aromatic N) is 5. The first-order valence-corrected chi connectivity index (χ1v) is 8.92. The average Bonchev–Trinajstić information content (AvgIpc) is 2.92. The lowest BCUT2D eigenvalue weighted by Crippen LogP contribution is -2.37. The van der Waals surface area contributed by atoms with Crippen LogP contribution in [0, 0.1) is 0 Å². The lowest BCUT2D eigenvalue weighted by Gasteiger charge is -2.08. The van der Waals surface area contributed by atoms with Gasteiger partial charge in [-0.05, 0) is 19.3 Å². The fourth-order valence-electron chi connectivity index (χ4n) is 3.42. The van der Waals surface area contributed by atoms with E-state index in [1.165, 1.54) is 36.7 Å². The van der Waals surface area contributed by atoms with Gasteiger partial charge in [0.05, 0.1) is 26.5 Å². The van der Waals surface area contributed by atoms with Crippen molar-refractivity contribution in [3.8, 4) is 0 Å². The number of amidine groups is 1. The van der Waals surface area contributed by atoms with Gasteiger partial charge in [-0.25, -0.2) is 9.78 Å². The molecule has 0 aliphatic carbocycles. The van der Waals surface area contributed by atoms with E-state index in [2.05, 4.69) is 21.9 Å². The predicted octanol–water partition coefficient (Wildman–Crippen LogP) is 0.0282. The third kappa shape index (κ3) is 3.38. The van der Waals surface area contributed by atoms with Crippen LogP contribution in [0.5, 0.6) is 0 Å². The monoisotopic (exact) mass is 347 g/mol. The van der Waals surface area contributed by atoms with E-state index >= 15 is 0 Å². The second-order valence-corrected chi connectivity index (χ2v) is 6.78. The summed E-state index contributed by atoms with van der Waals surface area (Å²) in [5.74, 6) is 1.31. The third-order valence-electron chi connectivity index (χ3n) is 4.99. The molecule has 0 fully saturated rings. The molecule has 2 aromatic rings. The van der Waals surface area contributed by atoms with Crippen molar-refractivity contribution in [2.24, 2.45) is 14.1 Å². The molecule has 8 nitrogen and oxygen atoms in total. The van der Waals surface area contributed by atoms with Crippen LogP contribution >= 0.6 is 0 Å². The van der Waals surface area contributed by atoms with Crippen LogP contribution in [0.2, 0.25) is 0 Å². The van der Waals surface area contributed by atoms with Gasteiger partial charge < -0.3 is 4.57 Å². The Balaban J connectivity index is 1.70. The number of hydrogen-bond acceptors (Lipinski definition) is 4. The largest absolute Gasteiger partial charge is 0.332 e. The van der Waals surface area contributed by atoms with E-state index in [4.69, 9.17) is 0 Å². The average molecular weight is 347 g/mol. The molecule has 0 spiro atoms. The molecule has 0 unspecified atom stereocenters. The van der Waals surface area contributed by atoms with Crippen LogP contribution in [0.4, 0.5) is 0 Å². The van der Waals surface area contributed by atoms with E-state index < -0.39 is 0 Å². The van der Waals surface area contributed by atoms with Crippen molar-refractivity contribution in [3.63, 3.8) is 0 Å². The molecule has 8 heteroatoms. The Hall–Kier alpha value is -2.38. The molecular formula is C17H27N6O2+. The van der Waals surface area contributed by atoms with Gasteiger partial charge in [-0.1, -0.05) is 0 Å². The molecule has 1 aliphatic rings. The Morgan fingerprint density at radius 3 is 2.80 bits per heavy atom. The minimum atomic E-state index is -0.350. The fraction of sp³-hybridized carbons (Fsp3) is 0.647. The van der Waals surface area contributed by atoms with Crippen LogP contribution < -0.4 is 16.6 Å². The van der Waals surface area contributed by atoms with Crippen molar-refractivity contribution in [1.82, 2.24) is 24.0 Å². The number of fused-ring (bicyclic) bond motifs is 1. The number of aromatic nitrogens is 4. The Bertz CT molecular complexity index is 918. The zero-order valence-corrected chi connectivity index (χ0v) is 15.3. The van der Waals surface area contributed by atoms with Gasteiger partial charge in [-0.2, -0.15) is 0 Å². The van der Waals surface area contributed by atoms with E-state index in [0.29, 0.717) is 17.7 Å². The maximum absolute atomic E-state index is 12.4. The van der Waals surface area contributed by atoms with Crippen LogP contribution in [0.25, 0.3) is 11.2 Å². The zero-order valence-electron chi connectivity index (χ0n) is 15.3. The highest BCUT2D eigenvalue weighted by Gasteiger charge is 2.15. The summed E-state index contributed by atoms with van der Waals surface area (Å²) in [7, 11) is 5.28. The molecule has 25 heavy (non-hydrogen) atoms. The second-order valence-electron chi connectivity index (χ2n) is 6.78. The van der Waals surface area contributed by atoms with Gasteiger partial charge in [0.1, 0.15) is 0 Å². The number of hydrogen-bond donors (Lipinski definition) is 1. The summed E-state index contributed by atoms with van der Waals surface area (Å²) in [5.41, 5.74) is 0.293. The Morgan fingerprint density at radius 1 is 1.20 bits per heavy atom. The quantitative estimate of drug-likeness (QED) is 0.625. The highest BCUT2D eigenvalue weighted by Crippen LogP contribution is 2.07. The molecule has 0 atom stereocenters. The Morgan fingerprint density at radius 2 is 2.00 bits per heavy atom. The summed E-state index contributed by atoms with van der Waals surface area (Å²) >= 11 is 0. The van der Waals surface area contributed by atoms with E-state index in [1.54, 1.807) is 13.4 Å². The standard InChI is InChI=1S/C17H26N6O2/c1-20-10-6-4-5-8-13(20)18-9-7-11-23-12-19-15-14(23)16(24)22(3)17(25)21(15)2/h12H,4-11H2,1-3H3/p+1. The van der Waals surface area contributed by atoms with Crippen LogP contribution in [0.1, 0.15) is 32.1 Å². The van der Waals surface area contributed by atoms with E-state index in [-0.39, 0.29) is 11.2 Å². The maximum Gasteiger partial charge on any atom is 0.332 e. The Labute approximate surface area is 146 Å². The van der Waals surface area contributed by atoms with Gasteiger partial charge in [0.2, 0.25) is 5.84 Å². The highest BCUT2D eigenvalue weighted by atomic mass is 16.2. The molecule has 0 aromatic carbocycles. The molecule has 3 rings (SSSR count). The molecule has 1 N–H and O–H groups in total.